The van der Waals surface area contributed by atoms with Gasteiger partial charge in [0.1, 0.15) is 6.54 Å². The first kappa shape index (κ1) is 21.0. The SMILES string of the molecule is Cc1cccc(CCCNC(=O)CN(c2cc(C)ccc2C)S(C)(=O)=O)c1. The van der Waals surface area contributed by atoms with Crippen LogP contribution in [-0.4, -0.2) is 33.7 Å². The molecule has 1 N–H and O–H groups in total. The third-order valence-electron chi connectivity index (χ3n) is 4.37. The molecule has 0 heterocycles. The molecule has 0 saturated carbocycles. The summed E-state index contributed by atoms with van der Waals surface area (Å²) in [6, 6.07) is 13.9. The highest BCUT2D eigenvalue weighted by Crippen LogP contribution is 2.23. The van der Waals surface area contributed by atoms with E-state index in [2.05, 4.69) is 30.4 Å². The van der Waals surface area contributed by atoms with E-state index in [9.17, 15) is 13.2 Å². The Labute approximate surface area is 162 Å². The van der Waals surface area contributed by atoms with Gasteiger partial charge >= 0.3 is 0 Å². The fourth-order valence-electron chi connectivity index (χ4n) is 2.94. The van der Waals surface area contributed by atoms with Crippen molar-refractivity contribution in [1.82, 2.24) is 5.32 Å². The molecule has 2 rings (SSSR count). The first-order chi connectivity index (χ1) is 12.7. The van der Waals surface area contributed by atoms with E-state index in [1.165, 1.54) is 15.4 Å². The zero-order valence-electron chi connectivity index (χ0n) is 16.5. The highest BCUT2D eigenvalue weighted by atomic mass is 32.2. The fourth-order valence-corrected chi connectivity index (χ4v) is 3.85. The first-order valence-corrected chi connectivity index (χ1v) is 10.9. The molecule has 0 saturated heterocycles. The number of hydrogen-bond donors (Lipinski definition) is 1. The molecule has 0 fully saturated rings. The van der Waals surface area contributed by atoms with Crippen LogP contribution in [0.4, 0.5) is 5.69 Å². The fraction of sp³-hybridized carbons (Fsp3) is 0.381. The second-order valence-corrected chi connectivity index (χ2v) is 8.91. The van der Waals surface area contributed by atoms with Crippen LogP contribution >= 0.6 is 0 Å². The molecule has 0 radical (unpaired) electrons. The molecule has 0 bridgehead atoms. The Balaban J connectivity index is 1.95. The lowest BCUT2D eigenvalue weighted by atomic mass is 10.1. The lowest BCUT2D eigenvalue weighted by molar-refractivity contribution is -0.119. The van der Waals surface area contributed by atoms with Gasteiger partial charge in [0, 0.05) is 6.54 Å². The Morgan fingerprint density at radius 1 is 1.04 bits per heavy atom. The summed E-state index contributed by atoms with van der Waals surface area (Å²) in [6.07, 6.45) is 2.80. The van der Waals surface area contributed by atoms with Crippen LogP contribution in [0.1, 0.15) is 28.7 Å². The van der Waals surface area contributed by atoms with Gasteiger partial charge in [-0.2, -0.15) is 0 Å². The molecular formula is C21H28N2O3S. The number of carbonyl (C=O) groups excluding carboxylic acids is 1. The van der Waals surface area contributed by atoms with Crippen molar-refractivity contribution in [3.8, 4) is 0 Å². The van der Waals surface area contributed by atoms with E-state index < -0.39 is 10.0 Å². The Hall–Kier alpha value is -2.34. The molecule has 2 aromatic carbocycles. The number of aryl methyl sites for hydroxylation is 4. The largest absolute Gasteiger partial charge is 0.355 e. The second-order valence-electron chi connectivity index (χ2n) is 7.00. The van der Waals surface area contributed by atoms with Crippen molar-refractivity contribution in [2.75, 3.05) is 23.7 Å². The molecule has 0 aliphatic carbocycles. The quantitative estimate of drug-likeness (QED) is 0.707. The van der Waals surface area contributed by atoms with E-state index in [1.54, 1.807) is 6.07 Å². The van der Waals surface area contributed by atoms with Gasteiger partial charge in [0.2, 0.25) is 15.9 Å². The number of anilines is 1. The van der Waals surface area contributed by atoms with E-state index in [4.69, 9.17) is 0 Å². The predicted molar refractivity (Wildman–Crippen MR) is 111 cm³/mol. The Kier molecular flexibility index (Phi) is 7.02. The van der Waals surface area contributed by atoms with Gasteiger partial charge in [-0.15, -0.1) is 0 Å². The van der Waals surface area contributed by atoms with Gasteiger partial charge in [-0.25, -0.2) is 8.42 Å². The van der Waals surface area contributed by atoms with Gasteiger partial charge in [0.05, 0.1) is 11.9 Å². The van der Waals surface area contributed by atoms with E-state index in [0.717, 1.165) is 30.2 Å². The van der Waals surface area contributed by atoms with Gasteiger partial charge in [0.25, 0.3) is 0 Å². The number of benzene rings is 2. The maximum atomic E-state index is 12.3. The summed E-state index contributed by atoms with van der Waals surface area (Å²) in [5.41, 5.74) is 4.76. The van der Waals surface area contributed by atoms with Crippen molar-refractivity contribution >= 4 is 21.6 Å². The average Bonchev–Trinajstić information content (AvgIpc) is 2.58. The lowest BCUT2D eigenvalue weighted by Gasteiger charge is -2.24. The predicted octanol–water partition coefficient (Wildman–Crippen LogP) is 3.13. The topological polar surface area (TPSA) is 66.5 Å². The minimum atomic E-state index is -3.56. The molecule has 146 valence electrons. The highest BCUT2D eigenvalue weighted by molar-refractivity contribution is 7.92. The van der Waals surface area contributed by atoms with Crippen LogP contribution in [0.5, 0.6) is 0 Å². The third kappa shape index (κ3) is 6.40. The van der Waals surface area contributed by atoms with Gasteiger partial charge in [-0.05, 0) is 56.4 Å². The Bertz CT molecular complexity index is 907. The third-order valence-corrected chi connectivity index (χ3v) is 5.49. The molecule has 6 heteroatoms. The number of sulfonamides is 1. The van der Waals surface area contributed by atoms with E-state index in [1.807, 2.05) is 32.0 Å². The van der Waals surface area contributed by atoms with Crippen molar-refractivity contribution in [3.63, 3.8) is 0 Å². The summed E-state index contributed by atoms with van der Waals surface area (Å²) in [6.45, 7) is 6.09. The molecule has 0 aromatic heterocycles. The highest BCUT2D eigenvalue weighted by Gasteiger charge is 2.22. The summed E-state index contributed by atoms with van der Waals surface area (Å²) in [7, 11) is -3.56. The van der Waals surface area contributed by atoms with Gasteiger partial charge in [0.15, 0.2) is 0 Å². The zero-order chi connectivity index (χ0) is 20.0. The lowest BCUT2D eigenvalue weighted by Crippen LogP contribution is -2.41. The molecule has 0 unspecified atom stereocenters. The minimum absolute atomic E-state index is 0.215. The average molecular weight is 389 g/mol. The Morgan fingerprint density at radius 2 is 1.74 bits per heavy atom. The number of rotatable bonds is 8. The van der Waals surface area contributed by atoms with Gasteiger partial charge in [-0.1, -0.05) is 42.0 Å². The number of nitrogens with zero attached hydrogens (tertiary/aromatic N) is 1. The summed E-state index contributed by atoms with van der Waals surface area (Å²) in [5.74, 6) is -0.300. The van der Waals surface area contributed by atoms with Crippen molar-refractivity contribution in [2.45, 2.75) is 33.6 Å². The van der Waals surface area contributed by atoms with Crippen LogP contribution in [0.25, 0.3) is 0 Å². The molecule has 0 aliphatic heterocycles. The normalized spacial score (nSPS) is 11.3. The smallest absolute Gasteiger partial charge is 0.240 e. The standard InChI is InChI=1S/C21H28N2O3S/c1-16-7-5-8-19(13-16)9-6-12-22-21(24)15-23(27(4,25)26)20-14-17(2)10-11-18(20)3/h5,7-8,10-11,13-14H,6,9,12,15H2,1-4H3,(H,22,24). The number of amides is 1. The van der Waals surface area contributed by atoms with E-state index in [0.29, 0.717) is 12.2 Å². The van der Waals surface area contributed by atoms with Crippen molar-refractivity contribution < 1.29 is 13.2 Å². The second kappa shape index (κ2) is 9.04. The van der Waals surface area contributed by atoms with Crippen molar-refractivity contribution in [2.24, 2.45) is 0 Å². The summed E-state index contributed by atoms with van der Waals surface area (Å²) in [4.78, 5) is 12.3. The maximum Gasteiger partial charge on any atom is 0.240 e. The zero-order valence-corrected chi connectivity index (χ0v) is 17.3. The monoisotopic (exact) mass is 388 g/mol. The number of carbonyl (C=O) groups is 1. The first-order valence-electron chi connectivity index (χ1n) is 9.04. The van der Waals surface area contributed by atoms with Crippen LogP contribution in [-0.2, 0) is 21.2 Å². The number of nitrogens with one attached hydrogen (secondary N) is 1. The summed E-state index contributed by atoms with van der Waals surface area (Å²) < 4.78 is 25.6. The number of hydrogen-bond acceptors (Lipinski definition) is 3. The molecule has 1 amide bonds. The molecule has 27 heavy (non-hydrogen) atoms. The van der Waals surface area contributed by atoms with Crippen LogP contribution in [0.2, 0.25) is 0 Å². The van der Waals surface area contributed by atoms with Crippen LogP contribution in [0.3, 0.4) is 0 Å². The van der Waals surface area contributed by atoms with Gasteiger partial charge < -0.3 is 5.32 Å². The molecule has 5 nitrogen and oxygen atoms in total. The molecule has 2 aromatic rings. The molecular weight excluding hydrogens is 360 g/mol. The summed E-state index contributed by atoms with van der Waals surface area (Å²) in [5, 5.41) is 2.83. The van der Waals surface area contributed by atoms with Crippen molar-refractivity contribution in [3.05, 3.63) is 64.7 Å². The molecule has 0 atom stereocenters. The summed E-state index contributed by atoms with van der Waals surface area (Å²) >= 11 is 0. The maximum absolute atomic E-state index is 12.3. The Morgan fingerprint density at radius 3 is 2.41 bits per heavy atom. The van der Waals surface area contributed by atoms with E-state index in [-0.39, 0.29) is 12.5 Å². The van der Waals surface area contributed by atoms with Gasteiger partial charge in [-0.3, -0.25) is 9.10 Å². The van der Waals surface area contributed by atoms with E-state index >= 15 is 0 Å². The van der Waals surface area contributed by atoms with Crippen LogP contribution in [0.15, 0.2) is 42.5 Å². The van der Waals surface area contributed by atoms with Crippen molar-refractivity contribution in [1.29, 1.82) is 0 Å². The van der Waals surface area contributed by atoms with Crippen LogP contribution < -0.4 is 9.62 Å². The molecule has 0 spiro atoms. The van der Waals surface area contributed by atoms with Crippen LogP contribution in [0, 0.1) is 20.8 Å². The molecule has 0 aliphatic rings. The minimum Gasteiger partial charge on any atom is -0.355 e.